The molecular weight excluding hydrogens is 208 g/mol. The molecule has 0 saturated carbocycles. The Balaban J connectivity index is 2.23. The van der Waals surface area contributed by atoms with Gasteiger partial charge in [-0.25, -0.2) is 0 Å². The number of likely N-dealkylation sites (N-methyl/N-ethyl adjacent to an activating group) is 1. The van der Waals surface area contributed by atoms with E-state index in [0.29, 0.717) is 6.04 Å². The van der Waals surface area contributed by atoms with E-state index in [1.165, 1.54) is 43.2 Å². The van der Waals surface area contributed by atoms with Crippen LogP contribution >= 0.6 is 0 Å². The summed E-state index contributed by atoms with van der Waals surface area (Å²) >= 11 is 0. The molecule has 1 aliphatic rings. The number of hydrogen-bond donors (Lipinski definition) is 1. The molecule has 1 aromatic rings. The van der Waals surface area contributed by atoms with Crippen LogP contribution in [-0.2, 0) is 0 Å². The van der Waals surface area contributed by atoms with Gasteiger partial charge in [-0.15, -0.1) is 0 Å². The van der Waals surface area contributed by atoms with Gasteiger partial charge in [-0.1, -0.05) is 18.1 Å². The van der Waals surface area contributed by atoms with E-state index in [4.69, 9.17) is 0 Å². The number of hydrogen-bond acceptors (Lipinski definition) is 2. The van der Waals surface area contributed by atoms with Crippen molar-refractivity contribution in [2.24, 2.45) is 0 Å². The van der Waals surface area contributed by atoms with Crippen molar-refractivity contribution in [3.8, 4) is 0 Å². The van der Waals surface area contributed by atoms with Gasteiger partial charge in [0.1, 0.15) is 0 Å². The number of allylic oxidation sites excluding steroid dienone is 1. The molecule has 2 nitrogen and oxygen atoms in total. The number of nitrogens with one attached hydrogen (secondary N) is 1. The van der Waals surface area contributed by atoms with Gasteiger partial charge in [0.25, 0.3) is 0 Å². The standard InChI is InChI=1S/C15H22N2/c1-12-9-10-17-14(11-12)15(16-2)13-7-5-3-4-6-8-13/h7,9-11,15-16H,3-6,8H2,1-2H3. The molecule has 0 bridgehead atoms. The van der Waals surface area contributed by atoms with Crippen molar-refractivity contribution in [3.63, 3.8) is 0 Å². The van der Waals surface area contributed by atoms with Crippen LogP contribution in [0.2, 0.25) is 0 Å². The Hall–Kier alpha value is -1.15. The lowest BCUT2D eigenvalue weighted by Gasteiger charge is -2.19. The fraction of sp³-hybridized carbons (Fsp3) is 0.533. The Morgan fingerprint density at radius 2 is 2.18 bits per heavy atom. The van der Waals surface area contributed by atoms with Gasteiger partial charge in [0.05, 0.1) is 11.7 Å². The van der Waals surface area contributed by atoms with Crippen molar-refractivity contribution in [2.45, 2.75) is 45.1 Å². The van der Waals surface area contributed by atoms with E-state index < -0.39 is 0 Å². The van der Waals surface area contributed by atoms with Crippen molar-refractivity contribution in [2.75, 3.05) is 7.05 Å². The van der Waals surface area contributed by atoms with Crippen molar-refractivity contribution >= 4 is 0 Å². The summed E-state index contributed by atoms with van der Waals surface area (Å²) in [7, 11) is 2.03. The molecule has 1 N–H and O–H groups in total. The highest BCUT2D eigenvalue weighted by Crippen LogP contribution is 2.28. The molecule has 17 heavy (non-hydrogen) atoms. The van der Waals surface area contributed by atoms with Crippen LogP contribution in [0.4, 0.5) is 0 Å². The smallest absolute Gasteiger partial charge is 0.0708 e. The SMILES string of the molecule is CNC(C1=CCCCCC1)c1cc(C)ccn1. The zero-order valence-electron chi connectivity index (χ0n) is 10.9. The van der Waals surface area contributed by atoms with Crippen LogP contribution in [0.1, 0.15) is 49.4 Å². The van der Waals surface area contributed by atoms with Crippen molar-refractivity contribution in [3.05, 3.63) is 41.2 Å². The van der Waals surface area contributed by atoms with Gasteiger partial charge in [-0.2, -0.15) is 0 Å². The molecule has 1 atom stereocenters. The molecule has 0 amide bonds. The van der Waals surface area contributed by atoms with E-state index in [2.05, 4.69) is 35.4 Å². The minimum atomic E-state index is 0.299. The molecule has 2 rings (SSSR count). The third-order valence-corrected chi connectivity index (χ3v) is 3.47. The van der Waals surface area contributed by atoms with E-state index in [9.17, 15) is 0 Å². The summed E-state index contributed by atoms with van der Waals surface area (Å²) in [5, 5.41) is 3.41. The van der Waals surface area contributed by atoms with E-state index in [1.54, 1.807) is 0 Å². The summed E-state index contributed by atoms with van der Waals surface area (Å²) in [5.41, 5.74) is 3.95. The maximum atomic E-state index is 4.51. The van der Waals surface area contributed by atoms with E-state index in [1.807, 2.05) is 13.2 Å². The maximum Gasteiger partial charge on any atom is 0.0708 e. The first-order valence-corrected chi connectivity index (χ1v) is 6.60. The largest absolute Gasteiger partial charge is 0.308 e. The second-order valence-electron chi connectivity index (χ2n) is 4.86. The number of nitrogens with zero attached hydrogens (tertiary/aromatic N) is 1. The molecule has 0 saturated heterocycles. The fourth-order valence-electron chi connectivity index (χ4n) is 2.54. The van der Waals surface area contributed by atoms with Crippen LogP contribution in [-0.4, -0.2) is 12.0 Å². The first-order chi connectivity index (χ1) is 8.31. The predicted octanol–water partition coefficient (Wildman–Crippen LogP) is 3.54. The average molecular weight is 230 g/mol. The number of aryl methyl sites for hydroxylation is 1. The highest BCUT2D eigenvalue weighted by Gasteiger charge is 2.16. The molecule has 1 heterocycles. The fourth-order valence-corrected chi connectivity index (χ4v) is 2.54. The molecule has 0 radical (unpaired) electrons. The van der Waals surface area contributed by atoms with Gasteiger partial charge >= 0.3 is 0 Å². The van der Waals surface area contributed by atoms with Crippen molar-refractivity contribution in [1.82, 2.24) is 10.3 Å². The molecule has 1 unspecified atom stereocenters. The highest BCUT2D eigenvalue weighted by molar-refractivity contribution is 5.26. The summed E-state index contributed by atoms with van der Waals surface area (Å²) in [6.07, 6.45) is 10.8. The van der Waals surface area contributed by atoms with Crippen LogP contribution in [0.15, 0.2) is 30.0 Å². The Morgan fingerprint density at radius 1 is 1.29 bits per heavy atom. The van der Waals surface area contributed by atoms with Gasteiger partial charge in [-0.05, 0) is 57.4 Å². The lowest BCUT2D eigenvalue weighted by Crippen LogP contribution is -2.20. The molecule has 1 aromatic heterocycles. The average Bonchev–Trinajstić information content (AvgIpc) is 2.59. The minimum Gasteiger partial charge on any atom is -0.308 e. The van der Waals surface area contributed by atoms with Crippen LogP contribution in [0, 0.1) is 6.92 Å². The first kappa shape index (κ1) is 12.3. The maximum absolute atomic E-state index is 4.51. The van der Waals surface area contributed by atoms with Gasteiger partial charge in [0, 0.05) is 6.20 Å². The Bertz CT molecular complexity index is 396. The highest BCUT2D eigenvalue weighted by atomic mass is 14.9. The predicted molar refractivity (Wildman–Crippen MR) is 71.9 cm³/mol. The summed E-state index contributed by atoms with van der Waals surface area (Å²) in [4.78, 5) is 4.51. The number of rotatable bonds is 3. The lowest BCUT2D eigenvalue weighted by molar-refractivity contribution is 0.615. The zero-order chi connectivity index (χ0) is 12.1. The zero-order valence-corrected chi connectivity index (χ0v) is 10.9. The van der Waals surface area contributed by atoms with Crippen LogP contribution in [0.3, 0.4) is 0 Å². The summed E-state index contributed by atoms with van der Waals surface area (Å²) in [6, 6.07) is 4.54. The van der Waals surface area contributed by atoms with Crippen LogP contribution in [0.5, 0.6) is 0 Å². The second-order valence-corrected chi connectivity index (χ2v) is 4.86. The Kier molecular flexibility index (Phi) is 4.32. The second kappa shape index (κ2) is 5.97. The van der Waals surface area contributed by atoms with E-state index in [-0.39, 0.29) is 0 Å². The third kappa shape index (κ3) is 3.16. The third-order valence-electron chi connectivity index (χ3n) is 3.47. The van der Waals surface area contributed by atoms with Crippen LogP contribution < -0.4 is 5.32 Å². The minimum absolute atomic E-state index is 0.299. The van der Waals surface area contributed by atoms with Crippen LogP contribution in [0.25, 0.3) is 0 Å². The summed E-state index contributed by atoms with van der Waals surface area (Å²) < 4.78 is 0. The normalized spacial score (nSPS) is 18.4. The summed E-state index contributed by atoms with van der Waals surface area (Å²) in [5.74, 6) is 0. The van der Waals surface area contributed by atoms with Gasteiger partial charge in [-0.3, -0.25) is 4.98 Å². The Labute approximate surface area is 104 Å². The topological polar surface area (TPSA) is 24.9 Å². The van der Waals surface area contributed by atoms with Crippen molar-refractivity contribution in [1.29, 1.82) is 0 Å². The number of pyridine rings is 1. The summed E-state index contributed by atoms with van der Waals surface area (Å²) in [6.45, 7) is 2.12. The van der Waals surface area contributed by atoms with Gasteiger partial charge in [0.2, 0.25) is 0 Å². The molecular formula is C15H22N2. The molecule has 0 aliphatic heterocycles. The van der Waals surface area contributed by atoms with Gasteiger partial charge in [0.15, 0.2) is 0 Å². The molecule has 1 aliphatic carbocycles. The van der Waals surface area contributed by atoms with E-state index >= 15 is 0 Å². The quantitative estimate of drug-likeness (QED) is 0.803. The van der Waals surface area contributed by atoms with E-state index in [0.717, 1.165) is 5.69 Å². The first-order valence-electron chi connectivity index (χ1n) is 6.60. The molecule has 0 fully saturated rings. The monoisotopic (exact) mass is 230 g/mol. The molecule has 0 spiro atoms. The molecule has 0 aromatic carbocycles. The van der Waals surface area contributed by atoms with Gasteiger partial charge < -0.3 is 5.32 Å². The van der Waals surface area contributed by atoms with Crippen molar-refractivity contribution < 1.29 is 0 Å². The molecule has 2 heteroatoms. The number of aromatic nitrogens is 1. The lowest BCUT2D eigenvalue weighted by atomic mass is 9.98. The molecule has 92 valence electrons. The Morgan fingerprint density at radius 3 is 2.94 bits per heavy atom.